The number of aliphatic hydroxyl groups is 1. The molecule has 0 amide bonds. The predicted octanol–water partition coefficient (Wildman–Crippen LogP) is 2.82. The molecule has 68 valence electrons. The van der Waals surface area contributed by atoms with Gasteiger partial charge in [0.05, 0.1) is 0 Å². The van der Waals surface area contributed by atoms with Crippen LogP contribution in [-0.4, -0.2) is 11.7 Å². The fourth-order valence-corrected chi connectivity index (χ4v) is 1.49. The van der Waals surface area contributed by atoms with E-state index in [9.17, 15) is 0 Å². The highest BCUT2D eigenvalue weighted by atomic mass is 16.2. The Hall–Kier alpha value is -0.560. The van der Waals surface area contributed by atoms with Gasteiger partial charge in [-0.3, -0.25) is 0 Å². The van der Waals surface area contributed by atoms with Gasteiger partial charge in [0.15, 0.2) is 0 Å². The molecule has 0 unspecified atom stereocenters. The summed E-state index contributed by atoms with van der Waals surface area (Å²) in [5.41, 5.74) is 1.57. The third-order valence-electron chi connectivity index (χ3n) is 2.25. The van der Waals surface area contributed by atoms with Gasteiger partial charge in [-0.05, 0) is 25.7 Å². The van der Waals surface area contributed by atoms with E-state index in [0.29, 0.717) is 6.61 Å². The second-order valence-electron chi connectivity index (χ2n) is 3.35. The largest absolute Gasteiger partial charge is 0.396 e. The second kappa shape index (κ2) is 6.01. The van der Waals surface area contributed by atoms with Crippen LogP contribution in [0.4, 0.5) is 0 Å². The Bertz CT molecular complexity index is 168. The number of hydrogen-bond donors (Lipinski definition) is 1. The van der Waals surface area contributed by atoms with Gasteiger partial charge < -0.3 is 5.11 Å². The van der Waals surface area contributed by atoms with Crippen molar-refractivity contribution in [3.05, 3.63) is 23.8 Å². The van der Waals surface area contributed by atoms with Gasteiger partial charge in [0, 0.05) is 6.61 Å². The third-order valence-corrected chi connectivity index (χ3v) is 2.25. The molecule has 0 aromatic carbocycles. The number of aliphatic hydroxyl groups excluding tert-OH is 1. The molecule has 1 aliphatic rings. The maximum absolute atomic E-state index is 8.56. The summed E-state index contributed by atoms with van der Waals surface area (Å²) >= 11 is 0. The summed E-state index contributed by atoms with van der Waals surface area (Å²) in [7, 11) is 0. The van der Waals surface area contributed by atoms with E-state index in [1.807, 2.05) is 0 Å². The fourth-order valence-electron chi connectivity index (χ4n) is 1.49. The van der Waals surface area contributed by atoms with Crippen LogP contribution in [0.15, 0.2) is 23.8 Å². The van der Waals surface area contributed by atoms with E-state index in [2.05, 4.69) is 18.2 Å². The maximum Gasteiger partial charge on any atom is 0.0431 e. The molecule has 12 heavy (non-hydrogen) atoms. The lowest BCUT2D eigenvalue weighted by Crippen LogP contribution is -1.84. The number of allylic oxidation sites excluding steroid dienone is 4. The first-order chi connectivity index (χ1) is 5.93. The standard InChI is InChI=1S/C11H18O/c12-10-6-2-1-3-7-11-8-4-5-9-11/h4-5,8,12H,1-3,6-7,9-10H2. The van der Waals surface area contributed by atoms with Crippen LogP contribution in [-0.2, 0) is 0 Å². The summed E-state index contributed by atoms with van der Waals surface area (Å²) in [6, 6.07) is 0. The van der Waals surface area contributed by atoms with Crippen molar-refractivity contribution in [3.63, 3.8) is 0 Å². The lowest BCUT2D eigenvalue weighted by atomic mass is 10.1. The molecule has 0 radical (unpaired) electrons. The average Bonchev–Trinajstić information content (AvgIpc) is 2.57. The molecule has 0 atom stereocenters. The van der Waals surface area contributed by atoms with E-state index in [-0.39, 0.29) is 0 Å². The number of unbranched alkanes of at least 4 members (excludes halogenated alkanes) is 3. The van der Waals surface area contributed by atoms with E-state index in [4.69, 9.17) is 5.11 Å². The molecular weight excluding hydrogens is 148 g/mol. The first-order valence-electron chi connectivity index (χ1n) is 4.89. The Morgan fingerprint density at radius 1 is 1.17 bits per heavy atom. The quantitative estimate of drug-likeness (QED) is 0.601. The zero-order valence-electron chi connectivity index (χ0n) is 7.63. The van der Waals surface area contributed by atoms with E-state index in [0.717, 1.165) is 6.42 Å². The van der Waals surface area contributed by atoms with Gasteiger partial charge in [-0.2, -0.15) is 0 Å². The molecule has 0 saturated carbocycles. The Morgan fingerprint density at radius 3 is 2.67 bits per heavy atom. The van der Waals surface area contributed by atoms with Gasteiger partial charge in [0.25, 0.3) is 0 Å². The van der Waals surface area contributed by atoms with Crippen molar-refractivity contribution in [2.75, 3.05) is 6.61 Å². The van der Waals surface area contributed by atoms with Crippen molar-refractivity contribution >= 4 is 0 Å². The fraction of sp³-hybridized carbons (Fsp3) is 0.636. The van der Waals surface area contributed by atoms with E-state index in [1.165, 1.54) is 32.1 Å². The summed E-state index contributed by atoms with van der Waals surface area (Å²) in [4.78, 5) is 0. The predicted molar refractivity (Wildman–Crippen MR) is 52.0 cm³/mol. The molecule has 0 fully saturated rings. The van der Waals surface area contributed by atoms with Crippen molar-refractivity contribution in [1.29, 1.82) is 0 Å². The van der Waals surface area contributed by atoms with E-state index >= 15 is 0 Å². The zero-order chi connectivity index (χ0) is 8.65. The molecule has 1 nitrogen and oxygen atoms in total. The lowest BCUT2D eigenvalue weighted by Gasteiger charge is -2.00. The Morgan fingerprint density at radius 2 is 2.00 bits per heavy atom. The molecule has 0 bridgehead atoms. The van der Waals surface area contributed by atoms with Gasteiger partial charge in [-0.15, -0.1) is 0 Å². The zero-order valence-corrected chi connectivity index (χ0v) is 7.63. The highest BCUT2D eigenvalue weighted by Crippen LogP contribution is 2.17. The van der Waals surface area contributed by atoms with Crippen LogP contribution in [0.5, 0.6) is 0 Å². The molecule has 1 aliphatic carbocycles. The molecular formula is C11H18O. The van der Waals surface area contributed by atoms with Crippen LogP contribution in [0.25, 0.3) is 0 Å². The van der Waals surface area contributed by atoms with E-state index in [1.54, 1.807) is 5.57 Å². The molecule has 1 rings (SSSR count). The molecule has 0 spiro atoms. The lowest BCUT2D eigenvalue weighted by molar-refractivity contribution is 0.282. The minimum absolute atomic E-state index is 0.351. The van der Waals surface area contributed by atoms with Crippen molar-refractivity contribution in [1.82, 2.24) is 0 Å². The SMILES string of the molecule is OCCCCCCC1=CC=CC1. The van der Waals surface area contributed by atoms with Crippen LogP contribution in [0.1, 0.15) is 38.5 Å². The summed E-state index contributed by atoms with van der Waals surface area (Å²) in [6.45, 7) is 0.351. The van der Waals surface area contributed by atoms with E-state index < -0.39 is 0 Å². The maximum atomic E-state index is 8.56. The van der Waals surface area contributed by atoms with Crippen molar-refractivity contribution in [2.24, 2.45) is 0 Å². The van der Waals surface area contributed by atoms with Gasteiger partial charge in [-0.1, -0.05) is 36.6 Å². The van der Waals surface area contributed by atoms with Crippen molar-refractivity contribution in [3.8, 4) is 0 Å². The Labute approximate surface area is 74.8 Å². The monoisotopic (exact) mass is 166 g/mol. The highest BCUT2D eigenvalue weighted by molar-refractivity contribution is 5.22. The van der Waals surface area contributed by atoms with Crippen molar-refractivity contribution < 1.29 is 5.11 Å². The van der Waals surface area contributed by atoms with Crippen LogP contribution >= 0.6 is 0 Å². The minimum Gasteiger partial charge on any atom is -0.396 e. The summed E-state index contributed by atoms with van der Waals surface area (Å²) in [5.74, 6) is 0. The van der Waals surface area contributed by atoms with Gasteiger partial charge >= 0.3 is 0 Å². The number of hydrogen-bond acceptors (Lipinski definition) is 1. The highest BCUT2D eigenvalue weighted by Gasteiger charge is 1.98. The first-order valence-corrected chi connectivity index (χ1v) is 4.89. The summed E-state index contributed by atoms with van der Waals surface area (Å²) in [5, 5.41) is 8.56. The van der Waals surface area contributed by atoms with Crippen LogP contribution < -0.4 is 0 Å². The first kappa shape index (κ1) is 9.53. The minimum atomic E-state index is 0.351. The van der Waals surface area contributed by atoms with Gasteiger partial charge in [0.1, 0.15) is 0 Å². The van der Waals surface area contributed by atoms with Crippen LogP contribution in [0.2, 0.25) is 0 Å². The molecule has 0 saturated heterocycles. The third kappa shape index (κ3) is 3.72. The molecule has 0 aromatic heterocycles. The number of rotatable bonds is 6. The Kier molecular flexibility index (Phi) is 4.77. The Balaban J connectivity index is 1.89. The molecule has 1 N–H and O–H groups in total. The summed E-state index contributed by atoms with van der Waals surface area (Å²) < 4.78 is 0. The molecule has 0 heterocycles. The average molecular weight is 166 g/mol. The van der Waals surface area contributed by atoms with Gasteiger partial charge in [0.2, 0.25) is 0 Å². The molecule has 0 aromatic rings. The second-order valence-corrected chi connectivity index (χ2v) is 3.35. The van der Waals surface area contributed by atoms with Crippen LogP contribution in [0, 0.1) is 0 Å². The van der Waals surface area contributed by atoms with Crippen LogP contribution in [0.3, 0.4) is 0 Å². The smallest absolute Gasteiger partial charge is 0.0431 e. The topological polar surface area (TPSA) is 20.2 Å². The normalized spacial score (nSPS) is 15.2. The van der Waals surface area contributed by atoms with Gasteiger partial charge in [-0.25, -0.2) is 0 Å². The molecule has 1 heteroatoms. The van der Waals surface area contributed by atoms with Crippen molar-refractivity contribution in [2.45, 2.75) is 38.5 Å². The molecule has 0 aliphatic heterocycles. The summed E-state index contributed by atoms with van der Waals surface area (Å²) in [6.07, 6.45) is 13.7.